The van der Waals surface area contributed by atoms with Crippen molar-refractivity contribution >= 4 is 17.3 Å². The summed E-state index contributed by atoms with van der Waals surface area (Å²) in [6, 6.07) is 0. The van der Waals surface area contributed by atoms with Gasteiger partial charge in [-0.3, -0.25) is 4.79 Å². The molecule has 0 bridgehead atoms. The van der Waals surface area contributed by atoms with Crippen LogP contribution in [0, 0.1) is 13.8 Å². The summed E-state index contributed by atoms with van der Waals surface area (Å²) in [5.41, 5.74) is 1.28. The standard InChI is InChI=1S/C9H10N4O2S/c1-4-6(9(15)13(3)11-4)7(14)8-5(2)10-12-16-8/h15H,1-3H3. The van der Waals surface area contributed by atoms with Crippen molar-refractivity contribution in [2.45, 2.75) is 13.8 Å². The molecule has 0 unspecified atom stereocenters. The van der Waals surface area contributed by atoms with Gasteiger partial charge in [0.2, 0.25) is 11.7 Å². The molecule has 0 fully saturated rings. The fourth-order valence-electron chi connectivity index (χ4n) is 1.47. The third-order valence-electron chi connectivity index (χ3n) is 2.28. The Morgan fingerprint density at radius 1 is 1.38 bits per heavy atom. The largest absolute Gasteiger partial charge is 0.493 e. The van der Waals surface area contributed by atoms with Crippen molar-refractivity contribution in [2.75, 3.05) is 0 Å². The van der Waals surface area contributed by atoms with Crippen LogP contribution in [-0.4, -0.2) is 30.3 Å². The van der Waals surface area contributed by atoms with Crippen LogP contribution in [0.25, 0.3) is 0 Å². The van der Waals surface area contributed by atoms with Crippen molar-refractivity contribution in [1.29, 1.82) is 0 Å². The summed E-state index contributed by atoms with van der Waals surface area (Å²) in [4.78, 5) is 12.5. The van der Waals surface area contributed by atoms with Crippen molar-refractivity contribution in [1.82, 2.24) is 19.4 Å². The molecular formula is C9H10N4O2S. The molecule has 0 aliphatic rings. The summed E-state index contributed by atoms with van der Waals surface area (Å²) in [5, 5.41) is 17.5. The summed E-state index contributed by atoms with van der Waals surface area (Å²) in [6.07, 6.45) is 0. The molecule has 6 nitrogen and oxygen atoms in total. The minimum atomic E-state index is -0.282. The van der Waals surface area contributed by atoms with Gasteiger partial charge in [-0.15, -0.1) is 5.10 Å². The van der Waals surface area contributed by atoms with Gasteiger partial charge < -0.3 is 5.11 Å². The first-order valence-corrected chi connectivity index (χ1v) is 5.36. The van der Waals surface area contributed by atoms with Crippen LogP contribution < -0.4 is 0 Å². The van der Waals surface area contributed by atoms with E-state index in [9.17, 15) is 9.90 Å². The number of carbonyl (C=O) groups is 1. The molecule has 2 heterocycles. The molecule has 0 saturated heterocycles. The third-order valence-corrected chi connectivity index (χ3v) is 3.10. The molecule has 1 N–H and O–H groups in total. The monoisotopic (exact) mass is 238 g/mol. The zero-order valence-electron chi connectivity index (χ0n) is 9.05. The summed E-state index contributed by atoms with van der Waals surface area (Å²) < 4.78 is 4.97. The molecule has 16 heavy (non-hydrogen) atoms. The van der Waals surface area contributed by atoms with Gasteiger partial charge in [0.05, 0.1) is 11.4 Å². The molecule has 0 aromatic carbocycles. The van der Waals surface area contributed by atoms with Gasteiger partial charge in [0.1, 0.15) is 10.4 Å². The predicted octanol–water partition coefficient (Wildman–Crippen LogP) is 0.825. The lowest BCUT2D eigenvalue weighted by Gasteiger charge is -1.97. The zero-order chi connectivity index (χ0) is 11.9. The molecule has 0 saturated carbocycles. The zero-order valence-corrected chi connectivity index (χ0v) is 9.87. The predicted molar refractivity (Wildman–Crippen MR) is 57.7 cm³/mol. The minimum absolute atomic E-state index is 0.129. The Morgan fingerprint density at radius 2 is 2.06 bits per heavy atom. The number of hydrogen-bond acceptors (Lipinski definition) is 6. The highest BCUT2D eigenvalue weighted by atomic mass is 32.1. The quantitative estimate of drug-likeness (QED) is 0.783. The highest BCUT2D eigenvalue weighted by Gasteiger charge is 2.24. The van der Waals surface area contributed by atoms with E-state index in [1.54, 1.807) is 20.9 Å². The van der Waals surface area contributed by atoms with Crippen LogP contribution in [0.3, 0.4) is 0 Å². The average molecular weight is 238 g/mol. The van der Waals surface area contributed by atoms with E-state index < -0.39 is 0 Å². The van der Waals surface area contributed by atoms with Crippen LogP contribution >= 0.6 is 11.5 Å². The second kappa shape index (κ2) is 3.67. The number of rotatable bonds is 2. The van der Waals surface area contributed by atoms with Crippen LogP contribution in [0.15, 0.2) is 0 Å². The Labute approximate surface area is 95.7 Å². The number of aryl methyl sites for hydroxylation is 3. The van der Waals surface area contributed by atoms with E-state index in [-0.39, 0.29) is 17.2 Å². The van der Waals surface area contributed by atoms with Gasteiger partial charge in [-0.1, -0.05) is 4.49 Å². The maximum atomic E-state index is 12.1. The van der Waals surface area contributed by atoms with Crippen molar-refractivity contribution < 1.29 is 9.90 Å². The molecule has 0 atom stereocenters. The van der Waals surface area contributed by atoms with Crippen LogP contribution in [0.4, 0.5) is 0 Å². The number of aromatic hydroxyl groups is 1. The van der Waals surface area contributed by atoms with Crippen molar-refractivity contribution in [2.24, 2.45) is 7.05 Å². The first kappa shape index (κ1) is 10.7. The van der Waals surface area contributed by atoms with Gasteiger partial charge in [-0.2, -0.15) is 5.10 Å². The second-order valence-electron chi connectivity index (χ2n) is 3.42. The molecule has 0 aliphatic carbocycles. The maximum Gasteiger partial charge on any atom is 0.220 e. The lowest BCUT2D eigenvalue weighted by atomic mass is 10.1. The fraction of sp³-hybridized carbons (Fsp3) is 0.333. The molecule has 7 heteroatoms. The number of hydrogen-bond donors (Lipinski definition) is 1. The van der Waals surface area contributed by atoms with Gasteiger partial charge in [-0.05, 0) is 25.4 Å². The Kier molecular flexibility index (Phi) is 2.47. The Hall–Kier alpha value is -1.76. The second-order valence-corrected chi connectivity index (χ2v) is 4.18. The lowest BCUT2D eigenvalue weighted by molar-refractivity contribution is 0.103. The van der Waals surface area contributed by atoms with Gasteiger partial charge >= 0.3 is 0 Å². The number of nitrogens with zero attached hydrogens (tertiary/aromatic N) is 4. The first-order valence-electron chi connectivity index (χ1n) is 4.58. The molecule has 2 rings (SSSR count). The number of ketones is 1. The van der Waals surface area contributed by atoms with Crippen LogP contribution in [0.1, 0.15) is 26.6 Å². The molecular weight excluding hydrogens is 228 g/mol. The smallest absolute Gasteiger partial charge is 0.220 e. The first-order chi connectivity index (χ1) is 7.52. The third kappa shape index (κ3) is 1.49. The number of carbonyl (C=O) groups excluding carboxylic acids is 1. The molecule has 2 aromatic heterocycles. The van der Waals surface area contributed by atoms with E-state index >= 15 is 0 Å². The number of aromatic nitrogens is 4. The van der Waals surface area contributed by atoms with E-state index in [0.717, 1.165) is 11.5 Å². The SMILES string of the molecule is Cc1nnsc1C(=O)c1c(C)nn(C)c1O. The van der Waals surface area contributed by atoms with Crippen molar-refractivity contribution in [3.8, 4) is 5.88 Å². The topological polar surface area (TPSA) is 80.9 Å². The van der Waals surface area contributed by atoms with Gasteiger partial charge in [0, 0.05) is 7.05 Å². The lowest BCUT2D eigenvalue weighted by Crippen LogP contribution is -2.02. The molecule has 0 amide bonds. The summed E-state index contributed by atoms with van der Waals surface area (Å²) in [5.74, 6) is -0.411. The Balaban J connectivity index is 2.54. The van der Waals surface area contributed by atoms with Crippen molar-refractivity contribution in [3.63, 3.8) is 0 Å². The van der Waals surface area contributed by atoms with E-state index in [4.69, 9.17) is 0 Å². The summed E-state index contributed by atoms with van der Waals surface area (Å²) in [6.45, 7) is 3.39. The van der Waals surface area contributed by atoms with Gasteiger partial charge in [0.25, 0.3) is 0 Å². The van der Waals surface area contributed by atoms with E-state index in [1.165, 1.54) is 4.68 Å². The highest BCUT2D eigenvalue weighted by Crippen LogP contribution is 2.25. The van der Waals surface area contributed by atoms with E-state index in [0.29, 0.717) is 16.3 Å². The van der Waals surface area contributed by atoms with Crippen LogP contribution in [-0.2, 0) is 7.05 Å². The summed E-state index contributed by atoms with van der Waals surface area (Å²) >= 11 is 1.02. The fourth-order valence-corrected chi connectivity index (χ4v) is 2.07. The molecule has 0 aliphatic heterocycles. The highest BCUT2D eigenvalue weighted by molar-refractivity contribution is 7.08. The molecule has 84 valence electrons. The Bertz CT molecular complexity index is 558. The molecule has 0 spiro atoms. The molecule has 0 radical (unpaired) electrons. The van der Waals surface area contributed by atoms with E-state index in [1.807, 2.05) is 0 Å². The van der Waals surface area contributed by atoms with E-state index in [2.05, 4.69) is 14.7 Å². The summed E-state index contributed by atoms with van der Waals surface area (Å²) in [7, 11) is 1.58. The van der Waals surface area contributed by atoms with Crippen LogP contribution in [0.2, 0.25) is 0 Å². The maximum absolute atomic E-state index is 12.1. The minimum Gasteiger partial charge on any atom is -0.493 e. The molecule has 2 aromatic rings. The average Bonchev–Trinajstić information content (AvgIpc) is 2.73. The Morgan fingerprint density at radius 3 is 2.50 bits per heavy atom. The van der Waals surface area contributed by atoms with Crippen molar-refractivity contribution in [3.05, 3.63) is 21.8 Å². The normalized spacial score (nSPS) is 10.7. The van der Waals surface area contributed by atoms with Gasteiger partial charge in [-0.25, -0.2) is 4.68 Å². The van der Waals surface area contributed by atoms with Gasteiger partial charge in [0.15, 0.2) is 0 Å². The van der Waals surface area contributed by atoms with Crippen LogP contribution in [0.5, 0.6) is 5.88 Å².